The van der Waals surface area contributed by atoms with Gasteiger partial charge in [-0.15, -0.1) is 0 Å². The summed E-state index contributed by atoms with van der Waals surface area (Å²) in [5.74, 6) is 0.468. The fraction of sp³-hybridized carbons (Fsp3) is 0.360. The molecule has 0 spiro atoms. The van der Waals surface area contributed by atoms with E-state index in [-0.39, 0.29) is 5.04 Å². The van der Waals surface area contributed by atoms with Crippen molar-refractivity contribution in [2.45, 2.75) is 51.0 Å². The van der Waals surface area contributed by atoms with Crippen molar-refractivity contribution >= 4 is 49.4 Å². The van der Waals surface area contributed by atoms with Crippen LogP contribution >= 0.6 is 22.6 Å². The highest BCUT2D eigenvalue weighted by atomic mass is 127. The van der Waals surface area contributed by atoms with E-state index in [0.29, 0.717) is 5.92 Å². The molecule has 0 amide bonds. The Hall–Kier alpha value is -0.956. The summed E-state index contributed by atoms with van der Waals surface area (Å²) in [6, 6.07) is 22.0. The molecule has 156 valence electrons. The van der Waals surface area contributed by atoms with Gasteiger partial charge in [0.1, 0.15) is 0 Å². The molecular formula is C25H35IOSi2. The number of hydrogen-bond acceptors (Lipinski definition) is 1. The highest BCUT2D eigenvalue weighted by Gasteiger charge is 2.50. The first-order chi connectivity index (χ1) is 13.6. The maximum absolute atomic E-state index is 12.4. The zero-order valence-corrected chi connectivity index (χ0v) is 22.6. The third kappa shape index (κ3) is 6.51. The predicted molar refractivity (Wildman–Crippen MR) is 143 cm³/mol. The largest absolute Gasteiger partial charge is 0.424 e. The van der Waals surface area contributed by atoms with Crippen molar-refractivity contribution in [2.75, 3.05) is 0 Å². The first-order valence-corrected chi connectivity index (χ1v) is 17.3. The van der Waals surface area contributed by atoms with Crippen LogP contribution in [-0.4, -0.2) is 21.2 Å². The van der Waals surface area contributed by atoms with Gasteiger partial charge in [-0.05, 0) is 31.8 Å². The summed E-state index contributed by atoms with van der Waals surface area (Å²) in [5.41, 5.74) is 0. The molecule has 0 aliphatic carbocycles. The van der Waals surface area contributed by atoms with E-state index in [4.69, 9.17) is 0 Å². The molecule has 2 aromatic carbocycles. The maximum Gasteiger partial charge on any atom is 0.258 e. The first kappa shape index (κ1) is 24.3. The molecule has 0 aromatic heterocycles. The SMILES string of the molecule is CC(C)(C[C@@H](/C=C/C=C/I)C[Si](C)(C)C)[Si](O)(c1ccccc1)c1ccccc1. The molecule has 4 heteroatoms. The number of hydrogen-bond donors (Lipinski definition) is 1. The monoisotopic (exact) mass is 534 g/mol. The Balaban J connectivity index is 2.50. The Morgan fingerprint density at radius 1 is 0.897 bits per heavy atom. The van der Waals surface area contributed by atoms with Crippen LogP contribution < -0.4 is 10.4 Å². The molecule has 0 saturated heterocycles. The van der Waals surface area contributed by atoms with Crippen LogP contribution in [0.5, 0.6) is 0 Å². The van der Waals surface area contributed by atoms with E-state index in [9.17, 15) is 4.80 Å². The summed E-state index contributed by atoms with van der Waals surface area (Å²) in [6.07, 6.45) is 7.62. The van der Waals surface area contributed by atoms with Crippen molar-refractivity contribution in [1.82, 2.24) is 0 Å². The molecule has 2 aromatic rings. The Bertz CT molecular complexity index is 768. The Morgan fingerprint density at radius 3 is 1.79 bits per heavy atom. The lowest BCUT2D eigenvalue weighted by atomic mass is 9.97. The maximum atomic E-state index is 12.4. The third-order valence-electron chi connectivity index (χ3n) is 5.58. The van der Waals surface area contributed by atoms with Gasteiger partial charge in [-0.1, -0.05) is 141 Å². The Morgan fingerprint density at radius 2 is 1.38 bits per heavy atom. The van der Waals surface area contributed by atoms with E-state index in [2.05, 4.69) is 123 Å². The molecule has 29 heavy (non-hydrogen) atoms. The smallest absolute Gasteiger partial charge is 0.258 e. The van der Waals surface area contributed by atoms with Crippen LogP contribution in [-0.2, 0) is 0 Å². The summed E-state index contributed by atoms with van der Waals surface area (Å²) in [5, 5.41) is 1.98. The van der Waals surface area contributed by atoms with Crippen LogP contribution in [0, 0.1) is 5.92 Å². The van der Waals surface area contributed by atoms with E-state index in [0.717, 1.165) is 16.8 Å². The van der Waals surface area contributed by atoms with Gasteiger partial charge in [-0.3, -0.25) is 0 Å². The molecule has 0 heterocycles. The third-order valence-corrected chi connectivity index (χ3v) is 12.2. The minimum atomic E-state index is -2.95. The van der Waals surface area contributed by atoms with Crippen LogP contribution in [0.25, 0.3) is 0 Å². The highest BCUT2D eigenvalue weighted by molar-refractivity contribution is 14.1. The van der Waals surface area contributed by atoms with Crippen molar-refractivity contribution in [3.8, 4) is 0 Å². The fourth-order valence-corrected chi connectivity index (χ4v) is 10.3. The van der Waals surface area contributed by atoms with Crippen LogP contribution in [0.2, 0.25) is 30.7 Å². The zero-order chi connectivity index (χ0) is 21.5. The van der Waals surface area contributed by atoms with Gasteiger partial charge in [0.2, 0.25) is 0 Å². The van der Waals surface area contributed by atoms with Gasteiger partial charge in [-0.2, -0.15) is 0 Å². The number of benzene rings is 2. The predicted octanol–water partition coefficient (Wildman–Crippen LogP) is 6.37. The molecule has 2 rings (SSSR count). The molecule has 0 radical (unpaired) electrons. The topological polar surface area (TPSA) is 20.2 Å². The molecular weight excluding hydrogens is 499 g/mol. The van der Waals surface area contributed by atoms with Gasteiger partial charge in [-0.25, -0.2) is 0 Å². The summed E-state index contributed by atoms with van der Waals surface area (Å²) in [6.45, 7) is 11.9. The minimum absolute atomic E-state index is 0.210. The highest BCUT2D eigenvalue weighted by Crippen LogP contribution is 2.43. The summed E-state index contributed by atoms with van der Waals surface area (Å²) in [7, 11) is -4.19. The van der Waals surface area contributed by atoms with E-state index in [1.54, 1.807) is 0 Å². The fourth-order valence-electron chi connectivity index (χ4n) is 4.37. The molecule has 0 fully saturated rings. The molecule has 1 N–H and O–H groups in total. The molecule has 0 bridgehead atoms. The van der Waals surface area contributed by atoms with Crippen molar-refractivity contribution < 1.29 is 4.80 Å². The summed E-state index contributed by atoms with van der Waals surface area (Å²) < 4.78 is 2.05. The number of halogens is 1. The molecule has 0 aliphatic rings. The van der Waals surface area contributed by atoms with Crippen molar-refractivity contribution in [1.29, 1.82) is 0 Å². The van der Waals surface area contributed by atoms with E-state index < -0.39 is 16.4 Å². The van der Waals surface area contributed by atoms with Crippen LogP contribution in [0.15, 0.2) is 83.0 Å². The quantitative estimate of drug-likeness (QED) is 0.225. The van der Waals surface area contributed by atoms with Crippen molar-refractivity contribution in [2.24, 2.45) is 5.92 Å². The first-order valence-electron chi connectivity index (χ1n) is 10.4. The summed E-state index contributed by atoms with van der Waals surface area (Å²) in [4.78, 5) is 12.4. The second kappa shape index (κ2) is 10.4. The standard InChI is InChI=1S/C25H35IOSi2/c1-25(2,20-22(14-12-13-19-26)21-28(3,4)5)29(27,23-15-8-6-9-16-23)24-17-10-7-11-18-24/h6-19,22,27H,20-21H2,1-5H3/b14-12+,19-13+/t22-/m1/s1. The van der Waals surface area contributed by atoms with Crippen LogP contribution in [0.4, 0.5) is 0 Å². The van der Waals surface area contributed by atoms with Gasteiger partial charge in [0.15, 0.2) is 0 Å². The van der Waals surface area contributed by atoms with Crippen molar-refractivity contribution in [3.05, 3.63) is 83.0 Å². The zero-order valence-electron chi connectivity index (χ0n) is 18.4. The van der Waals surface area contributed by atoms with E-state index in [1.807, 2.05) is 16.2 Å². The second-order valence-corrected chi connectivity index (χ2v) is 19.9. The van der Waals surface area contributed by atoms with E-state index in [1.165, 1.54) is 6.04 Å². The lowest BCUT2D eigenvalue weighted by Crippen LogP contribution is -2.65. The molecule has 1 atom stereocenters. The summed E-state index contributed by atoms with van der Waals surface area (Å²) >= 11 is 2.26. The van der Waals surface area contributed by atoms with E-state index >= 15 is 0 Å². The number of allylic oxidation sites excluding steroid dienone is 3. The van der Waals surface area contributed by atoms with Gasteiger partial charge in [0.25, 0.3) is 8.32 Å². The van der Waals surface area contributed by atoms with Crippen LogP contribution in [0.3, 0.4) is 0 Å². The second-order valence-electron chi connectivity index (χ2n) is 9.76. The minimum Gasteiger partial charge on any atom is -0.424 e. The average molecular weight is 535 g/mol. The van der Waals surface area contributed by atoms with Gasteiger partial charge in [0, 0.05) is 8.07 Å². The normalized spacial score (nSPS) is 14.6. The van der Waals surface area contributed by atoms with Gasteiger partial charge >= 0.3 is 0 Å². The molecule has 0 saturated carbocycles. The molecule has 0 unspecified atom stereocenters. The Labute approximate surface area is 193 Å². The van der Waals surface area contributed by atoms with Gasteiger partial charge < -0.3 is 4.80 Å². The lowest BCUT2D eigenvalue weighted by Gasteiger charge is -2.43. The average Bonchev–Trinajstić information content (AvgIpc) is 2.67. The van der Waals surface area contributed by atoms with Crippen LogP contribution in [0.1, 0.15) is 20.3 Å². The lowest BCUT2D eigenvalue weighted by molar-refractivity contribution is 0.432. The molecule has 0 aliphatic heterocycles. The Kier molecular flexibility index (Phi) is 8.70. The van der Waals surface area contributed by atoms with Gasteiger partial charge in [0.05, 0.1) is 0 Å². The number of rotatable bonds is 9. The molecule has 1 nitrogen and oxygen atoms in total. The van der Waals surface area contributed by atoms with Crippen molar-refractivity contribution in [3.63, 3.8) is 0 Å².